The third-order valence-electron chi connectivity index (χ3n) is 6.31. The molecule has 1 unspecified atom stereocenters. The third kappa shape index (κ3) is 7.89. The second-order valence-corrected chi connectivity index (χ2v) is 9.38. The molecule has 172 valence electrons. The van der Waals surface area contributed by atoms with Crippen LogP contribution in [-0.2, 0) is 16.1 Å². The van der Waals surface area contributed by atoms with Gasteiger partial charge in [0.2, 0.25) is 11.8 Å². The zero-order valence-corrected chi connectivity index (χ0v) is 19.3. The normalized spacial score (nSPS) is 22.7. The fourth-order valence-electron chi connectivity index (χ4n) is 4.63. The Morgan fingerprint density at radius 1 is 1.06 bits per heavy atom. The van der Waals surface area contributed by atoms with Crippen LogP contribution in [0.25, 0.3) is 0 Å². The zero-order chi connectivity index (χ0) is 22.1. The van der Waals surface area contributed by atoms with E-state index in [2.05, 4.69) is 38.8 Å². The molecular formula is C24H39N5O2. The van der Waals surface area contributed by atoms with Crippen LogP contribution >= 0.6 is 0 Å². The number of piperazine rings is 1. The zero-order valence-electron chi connectivity index (χ0n) is 19.3. The van der Waals surface area contributed by atoms with E-state index in [9.17, 15) is 9.59 Å². The van der Waals surface area contributed by atoms with Gasteiger partial charge in [0.1, 0.15) is 0 Å². The Bertz CT molecular complexity index is 688. The molecule has 3 heterocycles. The molecule has 1 atom stereocenters. The highest BCUT2D eigenvalue weighted by atomic mass is 16.2. The number of hydrogen-bond acceptors (Lipinski definition) is 5. The number of nitrogens with one attached hydrogen (secondary N) is 1. The van der Waals surface area contributed by atoms with Crippen molar-refractivity contribution in [2.24, 2.45) is 11.8 Å². The van der Waals surface area contributed by atoms with E-state index in [4.69, 9.17) is 0 Å². The summed E-state index contributed by atoms with van der Waals surface area (Å²) in [6.07, 6.45) is 6.72. The van der Waals surface area contributed by atoms with Crippen LogP contribution in [0.5, 0.6) is 0 Å². The average Bonchev–Trinajstić information content (AvgIpc) is 2.80. The highest BCUT2D eigenvalue weighted by Crippen LogP contribution is 2.18. The Balaban J connectivity index is 1.55. The first-order valence-corrected chi connectivity index (χ1v) is 11.9. The maximum atomic E-state index is 13.3. The Hall–Kier alpha value is -1.99. The van der Waals surface area contributed by atoms with E-state index >= 15 is 0 Å². The minimum atomic E-state index is -0.00201. The van der Waals surface area contributed by atoms with Crippen molar-refractivity contribution in [3.05, 3.63) is 30.1 Å². The molecule has 0 aliphatic carbocycles. The lowest BCUT2D eigenvalue weighted by molar-refractivity contribution is -0.138. The topological polar surface area (TPSA) is 68.8 Å². The van der Waals surface area contributed by atoms with Crippen LogP contribution in [0.3, 0.4) is 0 Å². The molecule has 3 rings (SSSR count). The molecule has 2 amide bonds. The van der Waals surface area contributed by atoms with Crippen molar-refractivity contribution in [1.82, 2.24) is 25.0 Å². The summed E-state index contributed by atoms with van der Waals surface area (Å²) in [5.41, 5.74) is 1.21. The molecular weight excluding hydrogens is 390 g/mol. The molecule has 2 aliphatic rings. The maximum absolute atomic E-state index is 13.3. The smallest absolute Gasteiger partial charge is 0.225 e. The molecule has 1 N–H and O–H groups in total. The predicted octanol–water partition coefficient (Wildman–Crippen LogP) is 1.99. The van der Waals surface area contributed by atoms with E-state index in [1.54, 1.807) is 0 Å². The number of aromatic nitrogens is 1. The maximum Gasteiger partial charge on any atom is 0.225 e. The number of carbonyl (C=O) groups excluding carboxylic acids is 2. The molecule has 1 aromatic heterocycles. The first kappa shape index (κ1) is 23.7. The molecule has 0 aromatic carbocycles. The fourth-order valence-corrected chi connectivity index (χ4v) is 4.63. The van der Waals surface area contributed by atoms with Gasteiger partial charge in [0.25, 0.3) is 0 Å². The van der Waals surface area contributed by atoms with Crippen molar-refractivity contribution in [3.8, 4) is 0 Å². The molecule has 0 bridgehead atoms. The summed E-state index contributed by atoms with van der Waals surface area (Å²) in [5, 5.41) is 3.03. The average molecular weight is 430 g/mol. The van der Waals surface area contributed by atoms with Gasteiger partial charge in [-0.1, -0.05) is 13.8 Å². The summed E-state index contributed by atoms with van der Waals surface area (Å²) < 4.78 is 0. The van der Waals surface area contributed by atoms with Crippen LogP contribution in [0.1, 0.15) is 45.1 Å². The Morgan fingerprint density at radius 3 is 2.52 bits per heavy atom. The molecule has 0 spiro atoms. The van der Waals surface area contributed by atoms with Crippen molar-refractivity contribution in [1.29, 1.82) is 0 Å². The van der Waals surface area contributed by atoms with Gasteiger partial charge >= 0.3 is 0 Å². The highest BCUT2D eigenvalue weighted by Gasteiger charge is 2.28. The summed E-state index contributed by atoms with van der Waals surface area (Å²) in [5.74, 6) is 1.01. The molecule has 7 heteroatoms. The molecule has 0 saturated carbocycles. The van der Waals surface area contributed by atoms with E-state index in [0.717, 1.165) is 71.6 Å². The van der Waals surface area contributed by atoms with Gasteiger partial charge in [-0.25, -0.2) is 0 Å². The number of hydrogen-bond donors (Lipinski definition) is 1. The van der Waals surface area contributed by atoms with Gasteiger partial charge < -0.3 is 10.2 Å². The first-order valence-electron chi connectivity index (χ1n) is 11.9. The molecule has 2 aliphatic heterocycles. The van der Waals surface area contributed by atoms with E-state index in [-0.39, 0.29) is 17.7 Å². The predicted molar refractivity (Wildman–Crippen MR) is 122 cm³/mol. The van der Waals surface area contributed by atoms with Crippen molar-refractivity contribution < 1.29 is 9.59 Å². The van der Waals surface area contributed by atoms with E-state index in [1.165, 1.54) is 5.56 Å². The van der Waals surface area contributed by atoms with Crippen molar-refractivity contribution >= 4 is 11.8 Å². The van der Waals surface area contributed by atoms with Crippen molar-refractivity contribution in [2.45, 2.75) is 46.1 Å². The monoisotopic (exact) mass is 429 g/mol. The molecule has 2 saturated heterocycles. The lowest BCUT2D eigenvalue weighted by Gasteiger charge is -2.37. The van der Waals surface area contributed by atoms with Crippen LogP contribution in [0.15, 0.2) is 24.5 Å². The van der Waals surface area contributed by atoms with E-state index < -0.39 is 0 Å². The van der Waals surface area contributed by atoms with Crippen molar-refractivity contribution in [3.63, 3.8) is 0 Å². The standard InChI is InChI=1S/C24H39N5O2/c1-20(2)18-28-14-16-29(17-15-28)24(31)22-4-3-12-27(13-8-23(30)26-11-7-22)19-21-5-9-25-10-6-21/h5-6,9-10,20,22H,3-4,7-8,11-19H2,1-2H3,(H,26,30). The quantitative estimate of drug-likeness (QED) is 0.775. The van der Waals surface area contributed by atoms with Gasteiger partial charge in [-0.15, -0.1) is 0 Å². The van der Waals surface area contributed by atoms with Crippen LogP contribution in [0.4, 0.5) is 0 Å². The number of nitrogens with zero attached hydrogens (tertiary/aromatic N) is 4. The first-order chi connectivity index (χ1) is 15.0. The van der Waals surface area contributed by atoms with Crippen LogP contribution in [0, 0.1) is 11.8 Å². The van der Waals surface area contributed by atoms with Gasteiger partial charge in [0.05, 0.1) is 0 Å². The third-order valence-corrected chi connectivity index (χ3v) is 6.31. The summed E-state index contributed by atoms with van der Waals surface area (Å²) in [6, 6.07) is 4.05. The summed E-state index contributed by atoms with van der Waals surface area (Å²) in [4.78, 5) is 36.5. The van der Waals surface area contributed by atoms with Gasteiger partial charge in [-0.2, -0.15) is 0 Å². The van der Waals surface area contributed by atoms with Crippen LogP contribution < -0.4 is 5.32 Å². The van der Waals surface area contributed by atoms with Gasteiger partial charge in [0.15, 0.2) is 0 Å². The lowest BCUT2D eigenvalue weighted by Crippen LogP contribution is -2.51. The van der Waals surface area contributed by atoms with Gasteiger partial charge in [-0.05, 0) is 49.4 Å². The summed E-state index contributed by atoms with van der Waals surface area (Å²) >= 11 is 0. The minimum absolute atomic E-state index is 0.00201. The minimum Gasteiger partial charge on any atom is -0.356 e. The molecule has 7 nitrogen and oxygen atoms in total. The Kier molecular flexibility index (Phi) is 9.28. The SMILES string of the molecule is CC(C)CN1CCN(C(=O)C2CCCN(Cc3ccncc3)CCC(=O)NCC2)CC1. The number of carbonyl (C=O) groups is 2. The largest absolute Gasteiger partial charge is 0.356 e. The number of pyridine rings is 1. The Morgan fingerprint density at radius 2 is 1.81 bits per heavy atom. The van der Waals surface area contributed by atoms with E-state index in [1.807, 2.05) is 24.5 Å². The second-order valence-electron chi connectivity index (χ2n) is 9.38. The van der Waals surface area contributed by atoms with Gasteiger partial charge in [0, 0.05) is 77.1 Å². The van der Waals surface area contributed by atoms with Crippen molar-refractivity contribution in [2.75, 3.05) is 52.4 Å². The number of rotatable bonds is 5. The van der Waals surface area contributed by atoms with Crippen LogP contribution in [-0.4, -0.2) is 83.9 Å². The van der Waals surface area contributed by atoms with Gasteiger partial charge in [-0.3, -0.25) is 24.4 Å². The van der Waals surface area contributed by atoms with E-state index in [0.29, 0.717) is 18.9 Å². The lowest BCUT2D eigenvalue weighted by atomic mass is 9.96. The molecule has 31 heavy (non-hydrogen) atoms. The highest BCUT2D eigenvalue weighted by molar-refractivity contribution is 5.79. The molecule has 0 radical (unpaired) electrons. The summed E-state index contributed by atoms with van der Waals surface area (Å²) in [6.45, 7) is 12.2. The number of amides is 2. The molecule has 2 fully saturated rings. The van der Waals surface area contributed by atoms with Crippen LogP contribution in [0.2, 0.25) is 0 Å². The Labute approximate surface area is 187 Å². The fraction of sp³-hybridized carbons (Fsp3) is 0.708. The second kappa shape index (κ2) is 12.2. The molecule has 1 aromatic rings. The summed E-state index contributed by atoms with van der Waals surface area (Å²) in [7, 11) is 0.